The summed E-state index contributed by atoms with van der Waals surface area (Å²) in [4.78, 5) is 0. The highest BCUT2D eigenvalue weighted by atomic mass is 35.5. The van der Waals surface area contributed by atoms with Gasteiger partial charge in [-0.05, 0) is 44.9 Å². The van der Waals surface area contributed by atoms with Gasteiger partial charge in [0, 0.05) is 5.02 Å². The molecular weight excluding hydrogens is 196 g/mol. The van der Waals surface area contributed by atoms with Crippen LogP contribution in [-0.4, -0.2) is 12.2 Å². The average molecular weight is 213 g/mol. The highest BCUT2D eigenvalue weighted by molar-refractivity contribution is 6.30. The Labute approximate surface area is 91.0 Å². The number of hydrogen-bond acceptors (Lipinski definition) is 1. The van der Waals surface area contributed by atoms with Crippen LogP contribution in [0.25, 0.3) is 0 Å². The van der Waals surface area contributed by atoms with Crippen LogP contribution < -0.4 is 0 Å². The zero-order valence-electron chi connectivity index (χ0n) is 8.96. The minimum Gasteiger partial charge on any atom is -0.376 e. The van der Waals surface area contributed by atoms with E-state index in [2.05, 4.69) is 26.8 Å². The molecular formula is C12H17ClO. The number of hydrogen-bond donors (Lipinski definition) is 0. The summed E-state index contributed by atoms with van der Waals surface area (Å²) in [5.41, 5.74) is 1.23. The summed E-state index contributed by atoms with van der Waals surface area (Å²) in [6.45, 7) is 6.18. The van der Waals surface area contributed by atoms with Crippen molar-refractivity contribution in [1.82, 2.24) is 0 Å². The normalized spacial score (nSPS) is 13.2. The predicted octanol–water partition coefficient (Wildman–Crippen LogP) is 3.70. The molecule has 1 aromatic rings. The molecule has 1 unspecified atom stereocenters. The van der Waals surface area contributed by atoms with Gasteiger partial charge in [0.15, 0.2) is 0 Å². The summed E-state index contributed by atoms with van der Waals surface area (Å²) in [5.74, 6) is 0. The molecule has 14 heavy (non-hydrogen) atoms. The SMILES string of the molecule is CC(C)OC(C)Cc1cccc(Cl)c1. The summed E-state index contributed by atoms with van der Waals surface area (Å²) in [5, 5.41) is 0.791. The molecule has 0 fully saturated rings. The van der Waals surface area contributed by atoms with E-state index in [9.17, 15) is 0 Å². The zero-order valence-corrected chi connectivity index (χ0v) is 9.71. The number of benzene rings is 1. The van der Waals surface area contributed by atoms with E-state index in [0.29, 0.717) is 0 Å². The molecule has 78 valence electrons. The lowest BCUT2D eigenvalue weighted by molar-refractivity contribution is 0.0195. The van der Waals surface area contributed by atoms with Crippen LogP contribution in [0.2, 0.25) is 5.02 Å². The van der Waals surface area contributed by atoms with Crippen molar-refractivity contribution >= 4 is 11.6 Å². The molecule has 0 saturated heterocycles. The monoisotopic (exact) mass is 212 g/mol. The quantitative estimate of drug-likeness (QED) is 0.740. The Morgan fingerprint density at radius 3 is 2.57 bits per heavy atom. The fraction of sp³-hybridized carbons (Fsp3) is 0.500. The lowest BCUT2D eigenvalue weighted by Crippen LogP contribution is -2.16. The molecule has 0 aliphatic carbocycles. The summed E-state index contributed by atoms with van der Waals surface area (Å²) >= 11 is 5.89. The van der Waals surface area contributed by atoms with Gasteiger partial charge in [-0.1, -0.05) is 23.7 Å². The van der Waals surface area contributed by atoms with Crippen LogP contribution in [0.15, 0.2) is 24.3 Å². The largest absolute Gasteiger partial charge is 0.376 e. The fourth-order valence-corrected chi connectivity index (χ4v) is 1.72. The van der Waals surface area contributed by atoms with Gasteiger partial charge < -0.3 is 4.74 Å². The second-order valence-corrected chi connectivity index (χ2v) is 4.27. The molecule has 1 rings (SSSR count). The van der Waals surface area contributed by atoms with Gasteiger partial charge in [0.2, 0.25) is 0 Å². The lowest BCUT2D eigenvalue weighted by atomic mass is 10.1. The molecule has 2 heteroatoms. The van der Waals surface area contributed by atoms with E-state index >= 15 is 0 Å². The Morgan fingerprint density at radius 1 is 1.29 bits per heavy atom. The Bertz CT molecular complexity index is 283. The van der Waals surface area contributed by atoms with Gasteiger partial charge >= 0.3 is 0 Å². The first kappa shape index (κ1) is 11.5. The first-order valence-corrected chi connectivity index (χ1v) is 5.35. The highest BCUT2D eigenvalue weighted by Gasteiger charge is 2.05. The molecule has 0 aliphatic heterocycles. The van der Waals surface area contributed by atoms with E-state index in [1.54, 1.807) is 0 Å². The second kappa shape index (κ2) is 5.38. The first-order valence-electron chi connectivity index (χ1n) is 4.98. The number of ether oxygens (including phenoxy) is 1. The maximum absolute atomic E-state index is 5.89. The van der Waals surface area contributed by atoms with Gasteiger partial charge in [0.05, 0.1) is 12.2 Å². The van der Waals surface area contributed by atoms with Crippen molar-refractivity contribution in [1.29, 1.82) is 0 Å². The van der Waals surface area contributed by atoms with Gasteiger partial charge in [0.25, 0.3) is 0 Å². The molecule has 1 atom stereocenters. The number of halogens is 1. The van der Waals surface area contributed by atoms with Crippen molar-refractivity contribution in [2.24, 2.45) is 0 Å². The summed E-state index contributed by atoms with van der Waals surface area (Å²) in [6, 6.07) is 7.92. The summed E-state index contributed by atoms with van der Waals surface area (Å²) < 4.78 is 5.65. The Balaban J connectivity index is 2.51. The molecule has 1 nitrogen and oxygen atoms in total. The molecule has 0 saturated carbocycles. The molecule has 0 N–H and O–H groups in total. The van der Waals surface area contributed by atoms with Crippen molar-refractivity contribution in [3.8, 4) is 0 Å². The molecule has 0 aliphatic rings. The van der Waals surface area contributed by atoms with Crippen LogP contribution in [0, 0.1) is 0 Å². The summed E-state index contributed by atoms with van der Waals surface area (Å²) in [7, 11) is 0. The van der Waals surface area contributed by atoms with Crippen molar-refractivity contribution < 1.29 is 4.74 Å². The molecule has 0 spiro atoms. The molecule has 0 amide bonds. The fourth-order valence-electron chi connectivity index (χ4n) is 1.51. The Morgan fingerprint density at radius 2 is 2.00 bits per heavy atom. The lowest BCUT2D eigenvalue weighted by Gasteiger charge is -2.15. The average Bonchev–Trinajstić information content (AvgIpc) is 2.01. The predicted molar refractivity (Wildman–Crippen MR) is 60.8 cm³/mol. The minimum absolute atomic E-state index is 0.244. The third-order valence-electron chi connectivity index (χ3n) is 1.92. The number of rotatable bonds is 4. The standard InChI is InChI=1S/C12H17ClO/c1-9(2)14-10(3)7-11-5-4-6-12(13)8-11/h4-6,8-10H,7H2,1-3H3. The van der Waals surface area contributed by atoms with E-state index in [0.717, 1.165) is 11.4 Å². The van der Waals surface area contributed by atoms with E-state index in [1.165, 1.54) is 5.56 Å². The van der Waals surface area contributed by atoms with E-state index in [4.69, 9.17) is 16.3 Å². The topological polar surface area (TPSA) is 9.23 Å². The van der Waals surface area contributed by atoms with Gasteiger partial charge in [-0.25, -0.2) is 0 Å². The van der Waals surface area contributed by atoms with E-state index in [-0.39, 0.29) is 12.2 Å². The van der Waals surface area contributed by atoms with E-state index < -0.39 is 0 Å². The maximum atomic E-state index is 5.89. The Hall–Kier alpha value is -0.530. The molecule has 0 bridgehead atoms. The van der Waals surface area contributed by atoms with Crippen LogP contribution in [-0.2, 0) is 11.2 Å². The van der Waals surface area contributed by atoms with Crippen molar-refractivity contribution in [3.05, 3.63) is 34.9 Å². The van der Waals surface area contributed by atoms with Crippen LogP contribution in [0.1, 0.15) is 26.3 Å². The summed E-state index contributed by atoms with van der Waals surface area (Å²) in [6.07, 6.45) is 1.44. The van der Waals surface area contributed by atoms with Gasteiger partial charge in [-0.15, -0.1) is 0 Å². The first-order chi connectivity index (χ1) is 6.58. The smallest absolute Gasteiger partial charge is 0.0590 e. The highest BCUT2D eigenvalue weighted by Crippen LogP contribution is 2.13. The Kier molecular flexibility index (Phi) is 4.43. The van der Waals surface area contributed by atoms with Crippen LogP contribution in [0.4, 0.5) is 0 Å². The minimum atomic E-state index is 0.244. The van der Waals surface area contributed by atoms with Crippen LogP contribution in [0.5, 0.6) is 0 Å². The van der Waals surface area contributed by atoms with Crippen LogP contribution in [0.3, 0.4) is 0 Å². The van der Waals surface area contributed by atoms with Crippen molar-refractivity contribution in [2.45, 2.75) is 39.4 Å². The van der Waals surface area contributed by atoms with Gasteiger partial charge in [-0.3, -0.25) is 0 Å². The zero-order chi connectivity index (χ0) is 10.6. The molecule has 0 heterocycles. The third kappa shape index (κ3) is 4.12. The second-order valence-electron chi connectivity index (χ2n) is 3.83. The molecule has 1 aromatic carbocycles. The third-order valence-corrected chi connectivity index (χ3v) is 2.15. The maximum Gasteiger partial charge on any atom is 0.0590 e. The van der Waals surface area contributed by atoms with Gasteiger partial charge in [-0.2, -0.15) is 0 Å². The molecule has 0 radical (unpaired) electrons. The van der Waals surface area contributed by atoms with Crippen LogP contribution >= 0.6 is 11.6 Å². The van der Waals surface area contributed by atoms with Crippen molar-refractivity contribution in [3.63, 3.8) is 0 Å². The molecule has 0 aromatic heterocycles. The van der Waals surface area contributed by atoms with Gasteiger partial charge in [0.1, 0.15) is 0 Å². The van der Waals surface area contributed by atoms with E-state index in [1.807, 2.05) is 18.2 Å². The van der Waals surface area contributed by atoms with Crippen molar-refractivity contribution in [2.75, 3.05) is 0 Å².